The van der Waals surface area contributed by atoms with Gasteiger partial charge in [0, 0.05) is 5.56 Å². The third-order valence-corrected chi connectivity index (χ3v) is 4.45. The largest absolute Gasteiger partial charge is 0.497 e. The quantitative estimate of drug-likeness (QED) is 0.687. The van der Waals surface area contributed by atoms with Gasteiger partial charge in [-0.1, -0.05) is 12.1 Å². The van der Waals surface area contributed by atoms with Crippen molar-refractivity contribution in [3.8, 4) is 5.75 Å². The second-order valence-electron chi connectivity index (χ2n) is 5.15. The van der Waals surface area contributed by atoms with Crippen molar-refractivity contribution in [2.75, 3.05) is 13.7 Å². The number of benzene rings is 2. The number of methoxy groups -OCH3 is 1. The van der Waals surface area contributed by atoms with Crippen LogP contribution in [-0.2, 0) is 16.1 Å². The lowest BCUT2D eigenvalue weighted by molar-refractivity contribution is -0.143. The first-order chi connectivity index (χ1) is 12.2. The van der Waals surface area contributed by atoms with Gasteiger partial charge in [0.05, 0.1) is 17.3 Å². The van der Waals surface area contributed by atoms with Crippen LogP contribution in [0, 0.1) is 0 Å². The van der Waals surface area contributed by atoms with Crippen molar-refractivity contribution < 1.29 is 19.1 Å². The molecule has 128 valence electrons. The lowest BCUT2D eigenvalue weighted by Gasteiger charge is -2.06. The third kappa shape index (κ3) is 4.33. The molecule has 1 N–H and O–H groups in total. The van der Waals surface area contributed by atoms with Gasteiger partial charge in [0.2, 0.25) is 0 Å². The molecular formula is C18H16N2O4S. The molecule has 25 heavy (non-hydrogen) atoms. The molecular weight excluding hydrogens is 340 g/mol. The van der Waals surface area contributed by atoms with E-state index < -0.39 is 5.97 Å². The number of fused-ring (bicyclic) bond motifs is 1. The summed E-state index contributed by atoms with van der Waals surface area (Å²) in [6.45, 7) is -0.105. The Morgan fingerprint density at radius 2 is 1.88 bits per heavy atom. The van der Waals surface area contributed by atoms with Crippen molar-refractivity contribution in [1.29, 1.82) is 0 Å². The van der Waals surface area contributed by atoms with Crippen LogP contribution < -0.4 is 10.1 Å². The molecule has 0 atom stereocenters. The molecule has 3 aromatic rings. The molecule has 0 spiro atoms. The van der Waals surface area contributed by atoms with Crippen LogP contribution >= 0.6 is 11.3 Å². The van der Waals surface area contributed by atoms with Crippen LogP contribution in [0.25, 0.3) is 10.2 Å². The molecule has 0 aliphatic carbocycles. The van der Waals surface area contributed by atoms with Crippen LogP contribution in [0.15, 0.2) is 48.5 Å². The zero-order valence-electron chi connectivity index (χ0n) is 13.5. The summed E-state index contributed by atoms with van der Waals surface area (Å²) in [5, 5.41) is 3.25. The highest BCUT2D eigenvalue weighted by Gasteiger charge is 2.10. The Bertz CT molecular complexity index is 856. The van der Waals surface area contributed by atoms with Crippen LogP contribution in [-0.4, -0.2) is 30.5 Å². The molecule has 2 aromatic carbocycles. The van der Waals surface area contributed by atoms with Crippen LogP contribution in [0.4, 0.5) is 0 Å². The number of para-hydroxylation sites is 1. The molecule has 0 aliphatic rings. The van der Waals surface area contributed by atoms with Gasteiger partial charge in [-0.2, -0.15) is 0 Å². The molecule has 7 heteroatoms. The molecule has 0 unspecified atom stereocenters. The van der Waals surface area contributed by atoms with Gasteiger partial charge in [0.15, 0.2) is 0 Å². The fraction of sp³-hybridized carbons (Fsp3) is 0.167. The maximum atomic E-state index is 12.0. The second-order valence-corrected chi connectivity index (χ2v) is 6.26. The van der Waals surface area contributed by atoms with Crippen LogP contribution in [0.5, 0.6) is 5.75 Å². The molecule has 0 aliphatic heterocycles. The maximum Gasteiger partial charge on any atom is 0.325 e. The molecule has 0 fully saturated rings. The Morgan fingerprint density at radius 3 is 2.60 bits per heavy atom. The third-order valence-electron chi connectivity index (χ3n) is 3.44. The van der Waals surface area contributed by atoms with Crippen LogP contribution in [0.3, 0.4) is 0 Å². The summed E-state index contributed by atoms with van der Waals surface area (Å²) < 4.78 is 11.2. The highest BCUT2D eigenvalue weighted by molar-refractivity contribution is 7.18. The van der Waals surface area contributed by atoms with Crippen LogP contribution in [0.2, 0.25) is 0 Å². The number of nitrogens with zero attached hydrogens (tertiary/aromatic N) is 1. The summed E-state index contributed by atoms with van der Waals surface area (Å²) >= 11 is 1.48. The van der Waals surface area contributed by atoms with E-state index >= 15 is 0 Å². The molecule has 0 saturated heterocycles. The first-order valence-corrected chi connectivity index (χ1v) is 8.39. The number of thiazole rings is 1. The Morgan fingerprint density at radius 1 is 1.12 bits per heavy atom. The van der Waals surface area contributed by atoms with Crippen molar-refractivity contribution in [2.45, 2.75) is 6.61 Å². The topological polar surface area (TPSA) is 77.5 Å². The van der Waals surface area contributed by atoms with Crippen molar-refractivity contribution in [2.24, 2.45) is 0 Å². The van der Waals surface area contributed by atoms with Gasteiger partial charge in [-0.15, -0.1) is 11.3 Å². The Labute approximate surface area is 148 Å². The number of nitrogens with one attached hydrogen (secondary N) is 1. The number of aromatic nitrogens is 1. The van der Waals surface area contributed by atoms with Gasteiger partial charge in [-0.3, -0.25) is 9.59 Å². The lowest BCUT2D eigenvalue weighted by Crippen LogP contribution is -2.30. The van der Waals surface area contributed by atoms with Crippen molar-refractivity contribution in [3.05, 3.63) is 59.1 Å². The van der Waals surface area contributed by atoms with Gasteiger partial charge in [0.25, 0.3) is 5.91 Å². The first-order valence-electron chi connectivity index (χ1n) is 7.58. The first kappa shape index (κ1) is 16.9. The minimum Gasteiger partial charge on any atom is -0.497 e. The highest BCUT2D eigenvalue weighted by Crippen LogP contribution is 2.21. The fourth-order valence-electron chi connectivity index (χ4n) is 2.17. The van der Waals surface area contributed by atoms with Gasteiger partial charge in [-0.05, 0) is 36.4 Å². The summed E-state index contributed by atoms with van der Waals surface area (Å²) in [6, 6.07) is 14.3. The predicted octanol–water partition coefficient (Wildman–Crippen LogP) is 2.78. The van der Waals surface area contributed by atoms with E-state index in [1.54, 1.807) is 31.4 Å². The van der Waals surface area contributed by atoms with E-state index in [9.17, 15) is 9.59 Å². The number of ether oxygens (including phenoxy) is 2. The normalized spacial score (nSPS) is 10.4. The predicted molar refractivity (Wildman–Crippen MR) is 94.7 cm³/mol. The van der Waals surface area contributed by atoms with Gasteiger partial charge < -0.3 is 14.8 Å². The average Bonchev–Trinajstić information content (AvgIpc) is 3.07. The molecule has 1 amide bonds. The molecule has 6 nitrogen and oxygen atoms in total. The van der Waals surface area contributed by atoms with Crippen molar-refractivity contribution in [3.63, 3.8) is 0 Å². The standard InChI is InChI=1S/C18H16N2O4S/c1-23-13-8-6-12(7-9-13)18(22)19-10-17(21)24-11-16-20-14-4-2-3-5-15(14)25-16/h2-9H,10-11H2,1H3,(H,19,22). The van der Waals surface area contributed by atoms with Crippen molar-refractivity contribution >= 4 is 33.4 Å². The van der Waals surface area contributed by atoms with E-state index in [-0.39, 0.29) is 19.1 Å². The molecule has 1 aromatic heterocycles. The number of carbonyl (C=O) groups excluding carboxylic acids is 2. The van der Waals surface area contributed by atoms with Gasteiger partial charge >= 0.3 is 5.97 Å². The Balaban J connectivity index is 1.47. The summed E-state index contributed by atoms with van der Waals surface area (Å²) in [5.74, 6) is -0.201. The van der Waals surface area contributed by atoms with Gasteiger partial charge in [0.1, 0.15) is 23.9 Å². The average molecular weight is 356 g/mol. The monoisotopic (exact) mass is 356 g/mol. The van der Waals surface area contributed by atoms with E-state index in [0.29, 0.717) is 11.3 Å². The number of rotatable bonds is 6. The molecule has 1 heterocycles. The Hall–Kier alpha value is -2.93. The van der Waals surface area contributed by atoms with Crippen molar-refractivity contribution in [1.82, 2.24) is 10.3 Å². The molecule has 0 saturated carbocycles. The summed E-state index contributed by atoms with van der Waals surface area (Å²) in [5.41, 5.74) is 1.33. The van der Waals surface area contributed by atoms with E-state index in [1.807, 2.05) is 24.3 Å². The SMILES string of the molecule is COc1ccc(C(=O)NCC(=O)OCc2nc3ccccc3s2)cc1. The van der Waals surface area contributed by atoms with E-state index in [1.165, 1.54) is 11.3 Å². The number of carbonyl (C=O) groups is 2. The van der Waals surface area contributed by atoms with Gasteiger partial charge in [-0.25, -0.2) is 4.98 Å². The smallest absolute Gasteiger partial charge is 0.325 e. The number of esters is 1. The molecule has 0 radical (unpaired) electrons. The molecule has 3 rings (SSSR count). The fourth-order valence-corrected chi connectivity index (χ4v) is 3.05. The van der Waals surface area contributed by atoms with E-state index in [4.69, 9.17) is 9.47 Å². The summed E-state index contributed by atoms with van der Waals surface area (Å²) in [6.07, 6.45) is 0. The second kappa shape index (κ2) is 7.76. The lowest BCUT2D eigenvalue weighted by atomic mass is 10.2. The number of hydrogen-bond donors (Lipinski definition) is 1. The zero-order chi connectivity index (χ0) is 17.6. The Kier molecular flexibility index (Phi) is 5.25. The summed E-state index contributed by atoms with van der Waals surface area (Å²) in [7, 11) is 1.55. The summed E-state index contributed by atoms with van der Waals surface area (Å²) in [4.78, 5) is 28.1. The minimum absolute atomic E-state index is 0.0938. The molecule has 0 bridgehead atoms. The van der Waals surface area contributed by atoms with E-state index in [0.717, 1.165) is 15.2 Å². The number of hydrogen-bond acceptors (Lipinski definition) is 6. The number of amides is 1. The highest BCUT2D eigenvalue weighted by atomic mass is 32.1. The zero-order valence-corrected chi connectivity index (χ0v) is 14.3. The van der Waals surface area contributed by atoms with Crippen LogP contribution in [0.1, 0.15) is 15.4 Å². The maximum absolute atomic E-state index is 12.0. The minimum atomic E-state index is -0.513. The van der Waals surface area contributed by atoms with E-state index in [2.05, 4.69) is 10.3 Å².